The lowest BCUT2D eigenvalue weighted by molar-refractivity contribution is 0.0435. The summed E-state index contributed by atoms with van der Waals surface area (Å²) in [5.74, 6) is 0.327. The number of piperidine rings is 1. The fourth-order valence-electron chi connectivity index (χ4n) is 2.53. The van der Waals surface area contributed by atoms with Crippen molar-refractivity contribution in [3.63, 3.8) is 0 Å². The van der Waals surface area contributed by atoms with Crippen LogP contribution in [-0.4, -0.2) is 22.2 Å². The zero-order valence-electron chi connectivity index (χ0n) is 10.7. The molecule has 2 unspecified atom stereocenters. The second-order valence-corrected chi connectivity index (χ2v) is 5.04. The van der Waals surface area contributed by atoms with E-state index < -0.39 is 0 Å². The summed E-state index contributed by atoms with van der Waals surface area (Å²) in [5, 5.41) is 11.6. The number of hydrogen-bond donors (Lipinski definition) is 2. The number of nitrogens with zero attached hydrogens (tertiary/aromatic N) is 1. The summed E-state index contributed by atoms with van der Waals surface area (Å²) >= 11 is 0. The Kier molecular flexibility index (Phi) is 4.02. The Morgan fingerprint density at radius 2 is 1.76 bits per heavy atom. The lowest BCUT2D eigenvalue weighted by Crippen LogP contribution is -2.51. The van der Waals surface area contributed by atoms with Gasteiger partial charge in [0.25, 0.3) is 0 Å². The lowest BCUT2D eigenvalue weighted by atomic mass is 10.00. The molecule has 1 aliphatic heterocycles. The van der Waals surface area contributed by atoms with E-state index >= 15 is 0 Å². The topological polar surface area (TPSA) is 35.5 Å². The summed E-state index contributed by atoms with van der Waals surface area (Å²) in [6.07, 6.45) is 3.87. The molecule has 0 aromatic heterocycles. The Balaban J connectivity index is 1.90. The molecule has 0 amide bonds. The second-order valence-electron chi connectivity index (χ2n) is 5.04. The van der Waals surface area contributed by atoms with Gasteiger partial charge in [0.1, 0.15) is 5.75 Å². The van der Waals surface area contributed by atoms with Gasteiger partial charge in [-0.25, -0.2) is 5.01 Å². The normalized spacial score (nSPS) is 26.0. The number of benzene rings is 1. The second kappa shape index (κ2) is 5.52. The number of hydrazine groups is 1. The highest BCUT2D eigenvalue weighted by molar-refractivity contribution is 5.25. The maximum atomic E-state index is 9.23. The highest BCUT2D eigenvalue weighted by Gasteiger charge is 2.23. The van der Waals surface area contributed by atoms with E-state index in [9.17, 15) is 5.11 Å². The average Bonchev–Trinajstić information content (AvgIpc) is 2.31. The fraction of sp³-hybridized carbons (Fsp3) is 0.571. The Hall–Kier alpha value is -1.06. The minimum atomic E-state index is 0.327. The van der Waals surface area contributed by atoms with Crippen LogP contribution in [0.25, 0.3) is 0 Å². The van der Waals surface area contributed by atoms with E-state index in [4.69, 9.17) is 0 Å². The molecule has 17 heavy (non-hydrogen) atoms. The Morgan fingerprint density at radius 1 is 1.18 bits per heavy atom. The van der Waals surface area contributed by atoms with Crippen molar-refractivity contribution in [3.05, 3.63) is 29.8 Å². The van der Waals surface area contributed by atoms with Crippen LogP contribution in [0.15, 0.2) is 24.3 Å². The predicted octanol–water partition coefficient (Wildman–Crippen LogP) is 2.66. The molecule has 1 heterocycles. The Bertz CT molecular complexity index is 340. The van der Waals surface area contributed by atoms with Gasteiger partial charge in [0.05, 0.1) is 0 Å². The van der Waals surface area contributed by atoms with Crippen LogP contribution >= 0.6 is 0 Å². The first kappa shape index (κ1) is 12.4. The monoisotopic (exact) mass is 234 g/mol. The van der Waals surface area contributed by atoms with Gasteiger partial charge in [-0.15, -0.1) is 0 Å². The van der Waals surface area contributed by atoms with Crippen LogP contribution in [0.3, 0.4) is 0 Å². The van der Waals surface area contributed by atoms with Gasteiger partial charge in [-0.1, -0.05) is 18.6 Å². The van der Waals surface area contributed by atoms with Gasteiger partial charge in [-0.05, 0) is 44.4 Å². The van der Waals surface area contributed by atoms with Gasteiger partial charge in [0.2, 0.25) is 0 Å². The van der Waals surface area contributed by atoms with E-state index in [0.717, 1.165) is 6.54 Å². The van der Waals surface area contributed by atoms with E-state index in [1.54, 1.807) is 12.1 Å². The molecule has 0 radical (unpaired) electrons. The average molecular weight is 234 g/mol. The number of nitrogens with one attached hydrogen (secondary N) is 1. The predicted molar refractivity (Wildman–Crippen MR) is 69.6 cm³/mol. The van der Waals surface area contributed by atoms with E-state index in [-0.39, 0.29) is 0 Å². The zero-order chi connectivity index (χ0) is 12.3. The SMILES string of the molecule is CC1CCCC(C)N1NCc1ccc(O)cc1. The molecule has 1 aromatic rings. The van der Waals surface area contributed by atoms with Crippen molar-refractivity contribution in [2.45, 2.75) is 51.7 Å². The molecule has 2 atom stereocenters. The molecular weight excluding hydrogens is 212 g/mol. The molecule has 1 saturated heterocycles. The molecular formula is C14H22N2O. The number of phenols is 1. The van der Waals surface area contributed by atoms with E-state index in [1.807, 2.05) is 12.1 Å². The summed E-state index contributed by atoms with van der Waals surface area (Å²) in [6, 6.07) is 8.61. The van der Waals surface area contributed by atoms with Gasteiger partial charge >= 0.3 is 0 Å². The summed E-state index contributed by atoms with van der Waals surface area (Å²) < 4.78 is 0. The van der Waals surface area contributed by atoms with Crippen molar-refractivity contribution in [1.82, 2.24) is 10.4 Å². The highest BCUT2D eigenvalue weighted by Crippen LogP contribution is 2.20. The fourth-order valence-corrected chi connectivity index (χ4v) is 2.53. The van der Waals surface area contributed by atoms with Crippen LogP contribution in [0.2, 0.25) is 0 Å². The first-order valence-electron chi connectivity index (χ1n) is 6.46. The largest absolute Gasteiger partial charge is 0.508 e. The van der Waals surface area contributed by atoms with Gasteiger partial charge in [-0.2, -0.15) is 0 Å². The minimum absolute atomic E-state index is 0.327. The maximum absolute atomic E-state index is 9.23. The molecule has 0 saturated carbocycles. The first-order valence-corrected chi connectivity index (χ1v) is 6.46. The quantitative estimate of drug-likeness (QED) is 0.844. The van der Waals surface area contributed by atoms with Crippen molar-refractivity contribution in [3.8, 4) is 5.75 Å². The number of hydrogen-bond acceptors (Lipinski definition) is 3. The van der Waals surface area contributed by atoms with Crippen LogP contribution in [0, 0.1) is 0 Å². The third kappa shape index (κ3) is 3.20. The van der Waals surface area contributed by atoms with Gasteiger partial charge in [-0.3, -0.25) is 5.43 Å². The molecule has 94 valence electrons. The molecule has 1 fully saturated rings. The van der Waals surface area contributed by atoms with Gasteiger partial charge in [0.15, 0.2) is 0 Å². The number of rotatable bonds is 3. The molecule has 0 aliphatic carbocycles. The summed E-state index contributed by atoms with van der Waals surface area (Å²) in [6.45, 7) is 5.38. The van der Waals surface area contributed by atoms with Crippen LogP contribution in [0.1, 0.15) is 38.7 Å². The molecule has 3 nitrogen and oxygen atoms in total. The molecule has 2 rings (SSSR count). The molecule has 2 N–H and O–H groups in total. The standard InChI is InChI=1S/C14H22N2O/c1-11-4-3-5-12(2)16(11)15-10-13-6-8-14(17)9-7-13/h6-9,11-12,15,17H,3-5,10H2,1-2H3. The molecule has 0 bridgehead atoms. The van der Waals surface area contributed by atoms with Crippen molar-refractivity contribution in [1.29, 1.82) is 0 Å². The Morgan fingerprint density at radius 3 is 2.35 bits per heavy atom. The maximum Gasteiger partial charge on any atom is 0.115 e. The number of phenolic OH excluding ortho intramolecular Hbond substituents is 1. The third-order valence-corrected chi connectivity index (χ3v) is 3.60. The van der Waals surface area contributed by atoms with Crippen LogP contribution < -0.4 is 5.43 Å². The van der Waals surface area contributed by atoms with Gasteiger partial charge < -0.3 is 5.11 Å². The van der Waals surface area contributed by atoms with Crippen LogP contribution in [0.4, 0.5) is 0 Å². The van der Waals surface area contributed by atoms with Crippen molar-refractivity contribution >= 4 is 0 Å². The minimum Gasteiger partial charge on any atom is -0.508 e. The molecule has 1 aliphatic rings. The molecule has 0 spiro atoms. The van der Waals surface area contributed by atoms with E-state index in [2.05, 4.69) is 24.3 Å². The highest BCUT2D eigenvalue weighted by atomic mass is 16.3. The summed E-state index contributed by atoms with van der Waals surface area (Å²) in [5.41, 5.74) is 4.71. The van der Waals surface area contributed by atoms with Crippen LogP contribution in [-0.2, 0) is 6.54 Å². The molecule has 1 aromatic carbocycles. The van der Waals surface area contributed by atoms with Crippen molar-refractivity contribution in [2.24, 2.45) is 0 Å². The van der Waals surface area contributed by atoms with Crippen molar-refractivity contribution in [2.75, 3.05) is 0 Å². The number of aromatic hydroxyl groups is 1. The van der Waals surface area contributed by atoms with Crippen molar-refractivity contribution < 1.29 is 5.11 Å². The Labute approximate surface area is 103 Å². The van der Waals surface area contributed by atoms with Crippen LogP contribution in [0.5, 0.6) is 5.75 Å². The van der Waals surface area contributed by atoms with Gasteiger partial charge in [0, 0.05) is 18.6 Å². The third-order valence-electron chi connectivity index (χ3n) is 3.60. The smallest absolute Gasteiger partial charge is 0.115 e. The lowest BCUT2D eigenvalue weighted by Gasteiger charge is -2.39. The van der Waals surface area contributed by atoms with E-state index in [0.29, 0.717) is 17.8 Å². The summed E-state index contributed by atoms with van der Waals surface area (Å²) in [4.78, 5) is 0. The van der Waals surface area contributed by atoms with E-state index in [1.165, 1.54) is 24.8 Å². The first-order chi connectivity index (χ1) is 8.16. The zero-order valence-corrected chi connectivity index (χ0v) is 10.7. The molecule has 3 heteroatoms. The summed E-state index contributed by atoms with van der Waals surface area (Å²) in [7, 11) is 0.